The number of nitrogens with zero attached hydrogens (tertiary/aromatic N) is 1. The first-order valence-electron chi connectivity index (χ1n) is 28.2. The van der Waals surface area contributed by atoms with Crippen LogP contribution in [0.5, 0.6) is 0 Å². The van der Waals surface area contributed by atoms with E-state index in [9.17, 15) is 0 Å². The lowest BCUT2D eigenvalue weighted by molar-refractivity contribution is 0.586. The fraction of sp³-hybridized carbons (Fsp3) is 0.154. The summed E-state index contributed by atoms with van der Waals surface area (Å²) in [6, 6.07) is 94.2. The molecule has 1 heteroatoms. The van der Waals surface area contributed by atoms with Crippen molar-refractivity contribution < 1.29 is 0 Å². The fourth-order valence-corrected chi connectivity index (χ4v) is 13.8. The van der Waals surface area contributed by atoms with E-state index < -0.39 is 5.41 Å². The average Bonchev–Trinajstić information content (AvgIpc) is 3.80. The molecule has 0 aliphatic heterocycles. The number of hydrogen-bond acceptors (Lipinski definition) is 1. The van der Waals surface area contributed by atoms with Gasteiger partial charge in [0, 0.05) is 22.2 Å². The number of benzene rings is 11. The summed E-state index contributed by atoms with van der Waals surface area (Å²) in [6.07, 6.45) is 0. The number of fused-ring (bicyclic) bond motifs is 13. The molecule has 0 fully saturated rings. The van der Waals surface area contributed by atoms with Crippen molar-refractivity contribution in [3.8, 4) is 77.9 Å². The van der Waals surface area contributed by atoms with Crippen molar-refractivity contribution >= 4 is 17.1 Å². The Morgan fingerprint density at radius 1 is 0.278 bits per heavy atom. The molecule has 0 aromatic heterocycles. The van der Waals surface area contributed by atoms with Gasteiger partial charge in [0.25, 0.3) is 0 Å². The van der Waals surface area contributed by atoms with E-state index in [0.29, 0.717) is 0 Å². The summed E-state index contributed by atoms with van der Waals surface area (Å²) in [5.41, 5.74) is 31.2. The van der Waals surface area contributed by atoms with Gasteiger partial charge in [-0.05, 0) is 152 Å². The normalized spacial score (nSPS) is 14.0. The minimum absolute atomic E-state index is 0.00257. The molecule has 1 nitrogen and oxygen atoms in total. The van der Waals surface area contributed by atoms with Crippen LogP contribution in [0.1, 0.15) is 99.9 Å². The van der Waals surface area contributed by atoms with Crippen LogP contribution in [0.4, 0.5) is 17.1 Å². The summed E-state index contributed by atoms with van der Waals surface area (Å²) < 4.78 is 0. The topological polar surface area (TPSA) is 3.24 Å². The van der Waals surface area contributed by atoms with Gasteiger partial charge in [-0.2, -0.15) is 0 Å². The predicted molar refractivity (Wildman–Crippen MR) is 334 cm³/mol. The zero-order valence-electron chi connectivity index (χ0n) is 46.6. The molecule has 0 unspecified atom stereocenters. The van der Waals surface area contributed by atoms with Gasteiger partial charge >= 0.3 is 0 Å². The third kappa shape index (κ3) is 7.50. The number of rotatable bonds is 7. The van der Waals surface area contributed by atoms with E-state index in [1.165, 1.54) is 117 Å². The molecule has 0 amide bonds. The summed E-state index contributed by atoms with van der Waals surface area (Å²) in [6.45, 7) is 18.8. The Morgan fingerprint density at radius 2 is 0.722 bits per heavy atom. The fourth-order valence-electron chi connectivity index (χ4n) is 13.8. The van der Waals surface area contributed by atoms with Crippen LogP contribution >= 0.6 is 0 Å². The quantitative estimate of drug-likeness (QED) is 0.154. The van der Waals surface area contributed by atoms with Gasteiger partial charge in [-0.15, -0.1) is 0 Å². The summed E-state index contributed by atoms with van der Waals surface area (Å²) in [7, 11) is 0. The Labute approximate surface area is 467 Å². The van der Waals surface area contributed by atoms with Crippen LogP contribution in [0.25, 0.3) is 77.9 Å². The summed E-state index contributed by atoms with van der Waals surface area (Å²) in [5.74, 6) is 0. The zero-order chi connectivity index (χ0) is 54.0. The SMILES string of the molecule is CC(C)(C)c1ccc2c(c1)C1(c3ccccc3-c3cc(-c4ccc(N(c5ccccc5-c5ccc(-c6ccccc6)cc5)c5ccccc5-c5cccc6c5-c5ccccc5C6(C)C)cc4)ccc31)c1cc(C(C)(C)C)ccc1-2. The first-order chi connectivity index (χ1) is 38.2. The van der Waals surface area contributed by atoms with Gasteiger partial charge in [0.2, 0.25) is 0 Å². The van der Waals surface area contributed by atoms with Gasteiger partial charge in [-0.3, -0.25) is 0 Å². The molecule has 0 saturated heterocycles. The lowest BCUT2D eigenvalue weighted by atomic mass is 9.68. The maximum Gasteiger partial charge on any atom is 0.0725 e. The molecule has 0 heterocycles. The molecule has 3 aliphatic carbocycles. The van der Waals surface area contributed by atoms with Crippen LogP contribution in [-0.4, -0.2) is 0 Å². The van der Waals surface area contributed by atoms with Crippen LogP contribution in [-0.2, 0) is 21.7 Å². The van der Waals surface area contributed by atoms with Gasteiger partial charge in [0.1, 0.15) is 0 Å². The highest BCUT2D eigenvalue weighted by Gasteiger charge is 2.52. The molecule has 3 aliphatic rings. The molecule has 0 saturated carbocycles. The lowest BCUT2D eigenvalue weighted by Gasteiger charge is -2.33. The minimum Gasteiger partial charge on any atom is -0.309 e. The van der Waals surface area contributed by atoms with E-state index in [1.54, 1.807) is 0 Å². The smallest absolute Gasteiger partial charge is 0.0725 e. The van der Waals surface area contributed by atoms with Crippen LogP contribution in [0.15, 0.2) is 249 Å². The predicted octanol–water partition coefficient (Wildman–Crippen LogP) is 21.1. The molecule has 0 atom stereocenters. The Kier molecular flexibility index (Phi) is 11.0. The maximum absolute atomic E-state index is 2.54. The molecule has 0 bridgehead atoms. The molecular formula is C78H65N. The second-order valence-electron chi connectivity index (χ2n) is 24.8. The molecule has 0 radical (unpaired) electrons. The average molecular weight is 1020 g/mol. The number of hydrogen-bond donors (Lipinski definition) is 0. The van der Waals surface area contributed by atoms with E-state index in [4.69, 9.17) is 0 Å². The largest absolute Gasteiger partial charge is 0.309 e. The minimum atomic E-state index is -0.443. The van der Waals surface area contributed by atoms with Crippen molar-refractivity contribution in [1.82, 2.24) is 0 Å². The molecule has 382 valence electrons. The van der Waals surface area contributed by atoms with Gasteiger partial charge < -0.3 is 4.90 Å². The highest BCUT2D eigenvalue weighted by molar-refractivity contribution is 6.01. The van der Waals surface area contributed by atoms with Gasteiger partial charge in [-0.25, -0.2) is 0 Å². The lowest BCUT2D eigenvalue weighted by Crippen LogP contribution is -2.27. The van der Waals surface area contributed by atoms with Crippen molar-refractivity contribution in [2.24, 2.45) is 0 Å². The Balaban J connectivity index is 0.929. The Morgan fingerprint density at radius 3 is 1.37 bits per heavy atom. The van der Waals surface area contributed by atoms with Gasteiger partial charge in [-0.1, -0.05) is 274 Å². The van der Waals surface area contributed by atoms with Crippen LogP contribution < -0.4 is 4.90 Å². The second-order valence-corrected chi connectivity index (χ2v) is 24.8. The first-order valence-corrected chi connectivity index (χ1v) is 28.2. The highest BCUT2D eigenvalue weighted by Crippen LogP contribution is 2.64. The molecule has 1 spiro atoms. The zero-order valence-corrected chi connectivity index (χ0v) is 46.6. The Bertz CT molecular complexity index is 4150. The number of anilines is 3. The summed E-state index contributed by atoms with van der Waals surface area (Å²) in [5, 5.41) is 0. The van der Waals surface area contributed by atoms with Crippen molar-refractivity contribution in [2.75, 3.05) is 4.90 Å². The van der Waals surface area contributed by atoms with Crippen LogP contribution in [0, 0.1) is 0 Å². The van der Waals surface area contributed by atoms with Crippen molar-refractivity contribution in [1.29, 1.82) is 0 Å². The second kappa shape index (κ2) is 17.9. The van der Waals surface area contributed by atoms with Crippen LogP contribution in [0.3, 0.4) is 0 Å². The van der Waals surface area contributed by atoms with E-state index >= 15 is 0 Å². The highest BCUT2D eigenvalue weighted by atomic mass is 15.1. The molecule has 11 aromatic carbocycles. The molecule has 11 aromatic rings. The summed E-state index contributed by atoms with van der Waals surface area (Å²) in [4.78, 5) is 2.50. The van der Waals surface area contributed by atoms with Crippen molar-refractivity contribution in [3.05, 3.63) is 293 Å². The van der Waals surface area contributed by atoms with E-state index in [-0.39, 0.29) is 16.2 Å². The van der Waals surface area contributed by atoms with Gasteiger partial charge in [0.15, 0.2) is 0 Å². The maximum atomic E-state index is 2.54. The van der Waals surface area contributed by atoms with Crippen LogP contribution in [0.2, 0.25) is 0 Å². The first kappa shape index (κ1) is 48.6. The molecule has 79 heavy (non-hydrogen) atoms. The van der Waals surface area contributed by atoms with E-state index in [0.717, 1.165) is 22.6 Å². The third-order valence-electron chi connectivity index (χ3n) is 17.9. The molecule has 0 N–H and O–H groups in total. The van der Waals surface area contributed by atoms with E-state index in [2.05, 4.69) is 309 Å². The monoisotopic (exact) mass is 1020 g/mol. The van der Waals surface area contributed by atoms with Crippen molar-refractivity contribution in [2.45, 2.75) is 77.0 Å². The molecular weight excluding hydrogens is 951 g/mol. The third-order valence-corrected chi connectivity index (χ3v) is 17.9. The van der Waals surface area contributed by atoms with Gasteiger partial charge in [0.05, 0.1) is 16.8 Å². The summed E-state index contributed by atoms with van der Waals surface area (Å²) >= 11 is 0. The van der Waals surface area contributed by atoms with Crippen molar-refractivity contribution in [3.63, 3.8) is 0 Å². The Hall–Kier alpha value is -8.78. The van der Waals surface area contributed by atoms with E-state index in [1.807, 2.05) is 0 Å². The molecule has 14 rings (SSSR count). The number of para-hydroxylation sites is 2. The standard InChI is InChI=1S/C78H65N/c1-75(2,3)55-40-44-60-61-45-41-56(76(4,5)6)49-71(61)78(70(60)48-55)67-29-17-12-24-59(67)65-47-54(39-46-68(65)78)52-37-42-57(43-38-52)79(72-31-18-14-23-58(72)53-35-33-51(34-36-53)50-21-10-9-11-22-50)73-32-19-15-25-62(73)63-27-20-30-69-74(63)64-26-13-16-28-66(64)77(69,7)8/h9-49H,1-8H3.